The number of hydrogen-bond donors (Lipinski definition) is 0. The zero-order valence-electron chi connectivity index (χ0n) is 33.4. The molecule has 0 spiro atoms. The Morgan fingerprint density at radius 2 is 0.648 bits per heavy atom. The monoisotopic (exact) mass is 830 g/mol. The molecule has 0 radical (unpaired) electrons. The molecule has 0 unspecified atom stereocenters. The maximum Gasteiger partial charge on any atom is 0.0481 e. The van der Waals surface area contributed by atoms with Crippen LogP contribution in [0.1, 0.15) is 153 Å². The Morgan fingerprint density at radius 1 is 0.315 bits per heavy atom. The first-order chi connectivity index (χ1) is 26.6. The van der Waals surface area contributed by atoms with Gasteiger partial charge in [0.2, 0.25) is 0 Å². The average molecular weight is 831 g/mol. The number of thiophene rings is 6. The lowest BCUT2D eigenvalue weighted by Crippen LogP contribution is -1.85. The highest BCUT2D eigenvalue weighted by Gasteiger charge is 2.21. The van der Waals surface area contributed by atoms with Crippen LogP contribution in [0.4, 0.5) is 0 Å². The van der Waals surface area contributed by atoms with Crippen LogP contribution in [0, 0.1) is 0 Å². The fraction of sp³-hybridized carbons (Fsp3) is 0.500. The molecule has 0 aromatic carbocycles. The van der Waals surface area contributed by atoms with Crippen molar-refractivity contribution >= 4 is 68.0 Å². The molecule has 6 aromatic rings. The van der Waals surface area contributed by atoms with Gasteiger partial charge in [-0.1, -0.05) is 105 Å². The van der Waals surface area contributed by atoms with Crippen LogP contribution in [0.2, 0.25) is 0 Å². The standard InChI is InChI=1S/C48H62S6/c1-5-9-13-17-21-35-29-31-49-45(35)39-25-27-41(51-39)47-37(23-19-15-11-7-3)33-43(53-47)44-34-38(24-20-16-12-8-4)48(54-44)42-28-26-40(52-42)46-36(30-32-50-46)22-18-14-10-6-2/h25-34H,5-24H2,1-4H3. The second-order valence-electron chi connectivity index (χ2n) is 15.1. The summed E-state index contributed by atoms with van der Waals surface area (Å²) >= 11 is 12.0. The van der Waals surface area contributed by atoms with Gasteiger partial charge in [0, 0.05) is 48.8 Å². The largest absolute Gasteiger partial charge is 0.143 e. The van der Waals surface area contributed by atoms with Crippen molar-refractivity contribution in [3.63, 3.8) is 0 Å². The minimum absolute atomic E-state index is 1.18. The first-order valence-electron chi connectivity index (χ1n) is 21.2. The Bertz CT molecular complexity index is 1810. The van der Waals surface area contributed by atoms with Crippen molar-refractivity contribution in [2.45, 2.75) is 156 Å². The third kappa shape index (κ3) is 11.2. The molecule has 0 saturated carbocycles. The van der Waals surface area contributed by atoms with E-state index in [1.807, 2.05) is 45.3 Å². The molecule has 290 valence electrons. The molecule has 0 amide bonds. The van der Waals surface area contributed by atoms with Crippen molar-refractivity contribution < 1.29 is 0 Å². The van der Waals surface area contributed by atoms with Crippen LogP contribution >= 0.6 is 68.0 Å². The Hall–Kier alpha value is -1.80. The summed E-state index contributed by atoms with van der Waals surface area (Å²) in [5, 5.41) is 4.62. The third-order valence-electron chi connectivity index (χ3n) is 10.7. The Balaban J connectivity index is 1.29. The molecule has 6 aromatic heterocycles. The second-order valence-corrected chi connectivity index (χ2v) is 21.2. The van der Waals surface area contributed by atoms with E-state index in [4.69, 9.17) is 0 Å². The molecule has 0 fully saturated rings. The average Bonchev–Trinajstić information content (AvgIpc) is 4.04. The van der Waals surface area contributed by atoms with Crippen molar-refractivity contribution in [1.82, 2.24) is 0 Å². The summed E-state index contributed by atoms with van der Waals surface area (Å²) in [6.07, 6.45) is 25.8. The highest BCUT2D eigenvalue weighted by molar-refractivity contribution is 7.30. The van der Waals surface area contributed by atoms with Gasteiger partial charge < -0.3 is 0 Å². The van der Waals surface area contributed by atoms with Gasteiger partial charge in [-0.2, -0.15) is 0 Å². The molecular weight excluding hydrogens is 769 g/mol. The predicted octanol–water partition coefficient (Wildman–Crippen LogP) is 18.9. The molecule has 6 heteroatoms. The Kier molecular flexibility index (Phi) is 17.2. The quantitative estimate of drug-likeness (QED) is 0.0504. The molecule has 0 atom stereocenters. The molecule has 6 rings (SSSR count). The van der Waals surface area contributed by atoms with Crippen LogP contribution in [0.15, 0.2) is 59.3 Å². The highest BCUT2D eigenvalue weighted by atomic mass is 32.1. The Labute approximate surface area is 351 Å². The van der Waals surface area contributed by atoms with Gasteiger partial charge in [-0.3, -0.25) is 0 Å². The molecular formula is C48H62S6. The van der Waals surface area contributed by atoms with E-state index in [-0.39, 0.29) is 0 Å². The Morgan fingerprint density at radius 3 is 1.00 bits per heavy atom. The minimum atomic E-state index is 1.18. The van der Waals surface area contributed by atoms with Gasteiger partial charge in [-0.05, 0) is 133 Å². The normalized spacial score (nSPS) is 11.7. The lowest BCUT2D eigenvalue weighted by Gasteiger charge is -2.03. The van der Waals surface area contributed by atoms with Crippen LogP contribution < -0.4 is 0 Å². The smallest absolute Gasteiger partial charge is 0.0481 e. The predicted molar refractivity (Wildman–Crippen MR) is 252 cm³/mol. The van der Waals surface area contributed by atoms with E-state index in [0.29, 0.717) is 0 Å². The van der Waals surface area contributed by atoms with Gasteiger partial charge in [0.1, 0.15) is 0 Å². The summed E-state index contributed by atoms with van der Waals surface area (Å²) in [6.45, 7) is 9.25. The number of hydrogen-bond acceptors (Lipinski definition) is 6. The zero-order valence-corrected chi connectivity index (χ0v) is 38.3. The van der Waals surface area contributed by atoms with E-state index in [1.54, 1.807) is 22.3 Å². The molecule has 54 heavy (non-hydrogen) atoms. The molecule has 6 heterocycles. The van der Waals surface area contributed by atoms with Crippen LogP contribution in [0.25, 0.3) is 48.8 Å². The van der Waals surface area contributed by atoms with Crippen molar-refractivity contribution in [2.75, 3.05) is 0 Å². The van der Waals surface area contributed by atoms with Crippen molar-refractivity contribution in [2.24, 2.45) is 0 Å². The van der Waals surface area contributed by atoms with Crippen LogP contribution in [-0.4, -0.2) is 0 Å². The lowest BCUT2D eigenvalue weighted by atomic mass is 10.0. The fourth-order valence-electron chi connectivity index (χ4n) is 7.52. The molecule has 0 aliphatic heterocycles. The molecule has 0 nitrogen and oxygen atoms in total. The van der Waals surface area contributed by atoms with Gasteiger partial charge in [0.05, 0.1) is 0 Å². The number of rotatable bonds is 25. The molecule has 0 bridgehead atoms. The van der Waals surface area contributed by atoms with E-state index in [9.17, 15) is 0 Å². The minimum Gasteiger partial charge on any atom is -0.143 e. The first kappa shape index (κ1) is 41.8. The maximum atomic E-state index is 2.59. The molecule has 0 aliphatic rings. The van der Waals surface area contributed by atoms with Crippen LogP contribution in [0.3, 0.4) is 0 Å². The summed E-state index contributed by atoms with van der Waals surface area (Å²) in [5.41, 5.74) is 6.22. The molecule has 0 saturated heterocycles. The lowest BCUT2D eigenvalue weighted by molar-refractivity contribution is 0.668. The van der Waals surface area contributed by atoms with E-state index in [1.165, 1.54) is 177 Å². The summed E-state index contributed by atoms with van der Waals surface area (Å²) in [6, 6.07) is 19.6. The van der Waals surface area contributed by atoms with E-state index >= 15 is 0 Å². The summed E-state index contributed by atoms with van der Waals surface area (Å²) < 4.78 is 0. The van der Waals surface area contributed by atoms with Gasteiger partial charge in [-0.25, -0.2) is 0 Å². The van der Waals surface area contributed by atoms with Gasteiger partial charge >= 0.3 is 0 Å². The SMILES string of the molecule is CCCCCCc1ccsc1-c1ccc(-c2sc(-c3cc(CCCCCC)c(-c4ccc(-c5sccc5CCCCCC)s4)s3)cc2CCCCCC)s1. The summed E-state index contributed by atoms with van der Waals surface area (Å²) in [4.78, 5) is 14.8. The number of aryl methyl sites for hydroxylation is 4. The van der Waals surface area contributed by atoms with Gasteiger partial charge in [0.25, 0.3) is 0 Å². The van der Waals surface area contributed by atoms with Gasteiger partial charge in [-0.15, -0.1) is 68.0 Å². The highest BCUT2D eigenvalue weighted by Crippen LogP contribution is 2.49. The van der Waals surface area contributed by atoms with E-state index in [2.05, 4.69) is 110 Å². The van der Waals surface area contributed by atoms with Gasteiger partial charge in [0.15, 0.2) is 0 Å². The van der Waals surface area contributed by atoms with Crippen molar-refractivity contribution in [3.05, 3.63) is 81.5 Å². The third-order valence-corrected chi connectivity index (χ3v) is 18.0. The van der Waals surface area contributed by atoms with Crippen molar-refractivity contribution in [3.8, 4) is 48.8 Å². The summed E-state index contributed by atoms with van der Waals surface area (Å²) in [7, 11) is 0. The first-order valence-corrected chi connectivity index (χ1v) is 26.3. The second kappa shape index (κ2) is 22.2. The topological polar surface area (TPSA) is 0 Å². The van der Waals surface area contributed by atoms with Crippen molar-refractivity contribution in [1.29, 1.82) is 0 Å². The van der Waals surface area contributed by atoms with Crippen LogP contribution in [0.5, 0.6) is 0 Å². The summed E-state index contributed by atoms with van der Waals surface area (Å²) in [5.74, 6) is 0. The maximum absolute atomic E-state index is 2.59. The number of unbranched alkanes of at least 4 members (excludes halogenated alkanes) is 12. The van der Waals surface area contributed by atoms with Crippen LogP contribution in [-0.2, 0) is 25.7 Å². The zero-order chi connectivity index (χ0) is 37.5. The van der Waals surface area contributed by atoms with E-state index in [0.717, 1.165) is 0 Å². The van der Waals surface area contributed by atoms with E-state index < -0.39 is 0 Å². The molecule has 0 aliphatic carbocycles. The fourth-order valence-corrected chi connectivity index (χ4v) is 14.6. The molecule has 0 N–H and O–H groups in total.